The van der Waals surface area contributed by atoms with Gasteiger partial charge in [-0.25, -0.2) is 9.97 Å². The minimum Gasteiger partial charge on any atom is -0.361 e. The van der Waals surface area contributed by atoms with Crippen LogP contribution in [0.15, 0.2) is 79.4 Å². The zero-order valence-corrected chi connectivity index (χ0v) is 21.8. The van der Waals surface area contributed by atoms with Gasteiger partial charge in [0.25, 0.3) is 5.91 Å². The van der Waals surface area contributed by atoms with E-state index < -0.39 is 0 Å². The molecule has 2 atom stereocenters. The number of rotatable bonds is 8. The molecule has 0 aliphatic heterocycles. The Labute approximate surface area is 220 Å². The van der Waals surface area contributed by atoms with E-state index in [2.05, 4.69) is 62.6 Å². The third kappa shape index (κ3) is 5.24. The molecule has 37 heavy (non-hydrogen) atoms. The van der Waals surface area contributed by atoms with Crippen LogP contribution in [0.5, 0.6) is 0 Å². The number of nitrogens with zero attached hydrogens (tertiary/aromatic N) is 4. The smallest absolute Gasteiger partial charge is 0.251 e. The summed E-state index contributed by atoms with van der Waals surface area (Å²) in [6.45, 7) is 4.42. The van der Waals surface area contributed by atoms with Crippen molar-refractivity contribution in [2.75, 3.05) is 18.2 Å². The van der Waals surface area contributed by atoms with Crippen molar-refractivity contribution in [1.29, 1.82) is 0 Å². The maximum absolute atomic E-state index is 12.3. The Morgan fingerprint density at radius 1 is 0.946 bits per heavy atom. The van der Waals surface area contributed by atoms with Crippen LogP contribution in [0.3, 0.4) is 0 Å². The standard InChI is InChI=1S/C29H28N6OS/c1-18(22-7-4-8-23-24(29(36)30-3)11-13-32-28(22)23)19(2)37-17-35-27-15-26(33-16-34-27)21-9-10-25-20(14-21)6-5-12-31-25/h4-16,18-19H,17H2,1-3H3,(H,30,36)(H,33,34,35)/t18?,19-/m0/s1. The van der Waals surface area contributed by atoms with Crippen LogP contribution >= 0.6 is 11.8 Å². The van der Waals surface area contributed by atoms with Gasteiger partial charge in [-0.05, 0) is 35.7 Å². The van der Waals surface area contributed by atoms with Gasteiger partial charge in [-0.3, -0.25) is 14.8 Å². The van der Waals surface area contributed by atoms with Crippen LogP contribution < -0.4 is 10.6 Å². The van der Waals surface area contributed by atoms with Crippen molar-refractivity contribution in [3.8, 4) is 11.3 Å². The van der Waals surface area contributed by atoms with E-state index in [1.807, 2.05) is 48.2 Å². The van der Waals surface area contributed by atoms with Gasteiger partial charge in [-0.2, -0.15) is 0 Å². The summed E-state index contributed by atoms with van der Waals surface area (Å²) in [6, 6.07) is 19.9. The molecule has 1 amide bonds. The van der Waals surface area contributed by atoms with Crippen molar-refractivity contribution < 1.29 is 4.79 Å². The largest absolute Gasteiger partial charge is 0.361 e. The van der Waals surface area contributed by atoms with Crippen LogP contribution in [0.25, 0.3) is 33.1 Å². The molecule has 2 N–H and O–H groups in total. The number of hydrogen-bond donors (Lipinski definition) is 2. The summed E-state index contributed by atoms with van der Waals surface area (Å²) < 4.78 is 0. The van der Waals surface area contributed by atoms with E-state index >= 15 is 0 Å². The van der Waals surface area contributed by atoms with Crippen molar-refractivity contribution in [2.45, 2.75) is 25.0 Å². The molecule has 1 unspecified atom stereocenters. The Kier molecular flexibility index (Phi) is 7.28. The molecular weight excluding hydrogens is 480 g/mol. The number of anilines is 1. The number of hydrogen-bond acceptors (Lipinski definition) is 7. The summed E-state index contributed by atoms with van der Waals surface area (Å²) >= 11 is 1.81. The van der Waals surface area contributed by atoms with Crippen LogP contribution in [0.1, 0.15) is 35.7 Å². The fourth-order valence-electron chi connectivity index (χ4n) is 4.39. The first kappa shape index (κ1) is 24.6. The molecule has 3 aromatic heterocycles. The predicted octanol–water partition coefficient (Wildman–Crippen LogP) is 5.89. The number of amides is 1. The maximum atomic E-state index is 12.3. The third-order valence-corrected chi connectivity index (χ3v) is 7.88. The Morgan fingerprint density at radius 2 is 1.84 bits per heavy atom. The number of nitrogens with one attached hydrogen (secondary N) is 2. The second kappa shape index (κ2) is 10.9. The lowest BCUT2D eigenvalue weighted by molar-refractivity contribution is 0.0964. The number of pyridine rings is 2. The number of benzene rings is 2. The number of fused-ring (bicyclic) bond motifs is 2. The first-order valence-corrected chi connectivity index (χ1v) is 13.2. The minimum atomic E-state index is -0.103. The number of carbonyl (C=O) groups excluding carboxylic acids is 1. The number of thioether (sulfide) groups is 1. The predicted molar refractivity (Wildman–Crippen MR) is 152 cm³/mol. The Hall–Kier alpha value is -4.04. The van der Waals surface area contributed by atoms with E-state index in [4.69, 9.17) is 0 Å². The average molecular weight is 509 g/mol. The van der Waals surface area contributed by atoms with Gasteiger partial charge in [0.05, 0.1) is 28.2 Å². The summed E-state index contributed by atoms with van der Waals surface area (Å²) in [5.74, 6) is 1.61. The van der Waals surface area contributed by atoms with Gasteiger partial charge in [0.1, 0.15) is 12.1 Å². The molecule has 0 fully saturated rings. The monoisotopic (exact) mass is 508 g/mol. The van der Waals surface area contributed by atoms with Crippen LogP contribution in [0.4, 0.5) is 5.82 Å². The van der Waals surface area contributed by atoms with Crippen LogP contribution in [-0.2, 0) is 0 Å². The highest BCUT2D eigenvalue weighted by molar-refractivity contribution is 8.00. The highest BCUT2D eigenvalue weighted by atomic mass is 32.2. The van der Waals surface area contributed by atoms with E-state index in [-0.39, 0.29) is 11.8 Å². The highest BCUT2D eigenvalue weighted by Crippen LogP contribution is 2.33. The van der Waals surface area contributed by atoms with Gasteiger partial charge in [0.15, 0.2) is 0 Å². The summed E-state index contributed by atoms with van der Waals surface area (Å²) in [4.78, 5) is 30.2. The second-order valence-corrected chi connectivity index (χ2v) is 10.2. The number of aromatic nitrogens is 4. The van der Waals surface area contributed by atoms with Gasteiger partial charge >= 0.3 is 0 Å². The Bertz CT molecular complexity index is 1570. The zero-order chi connectivity index (χ0) is 25.8. The van der Waals surface area contributed by atoms with Gasteiger partial charge < -0.3 is 10.6 Å². The van der Waals surface area contributed by atoms with Gasteiger partial charge in [-0.1, -0.05) is 44.2 Å². The number of para-hydroxylation sites is 1. The van der Waals surface area contributed by atoms with E-state index in [0.717, 1.165) is 44.4 Å². The normalized spacial score (nSPS) is 12.8. The van der Waals surface area contributed by atoms with Crippen molar-refractivity contribution in [1.82, 2.24) is 25.3 Å². The van der Waals surface area contributed by atoms with E-state index in [1.54, 1.807) is 31.8 Å². The van der Waals surface area contributed by atoms with E-state index in [9.17, 15) is 4.79 Å². The van der Waals surface area contributed by atoms with Crippen molar-refractivity contribution in [3.63, 3.8) is 0 Å². The fourth-order valence-corrected chi connectivity index (χ4v) is 5.32. The topological polar surface area (TPSA) is 92.7 Å². The maximum Gasteiger partial charge on any atom is 0.251 e. The van der Waals surface area contributed by atoms with E-state index in [1.165, 1.54) is 0 Å². The minimum absolute atomic E-state index is 0.103. The Morgan fingerprint density at radius 3 is 2.70 bits per heavy atom. The lowest BCUT2D eigenvalue weighted by Crippen LogP contribution is -2.18. The highest BCUT2D eigenvalue weighted by Gasteiger charge is 2.20. The first-order valence-electron chi connectivity index (χ1n) is 12.2. The SMILES string of the molecule is CNC(=O)c1ccnc2c(C(C)[C@H](C)SCNc3cc(-c4ccc5ncccc5c4)ncn3)cccc12. The molecule has 0 saturated heterocycles. The third-order valence-electron chi connectivity index (χ3n) is 6.63. The van der Waals surface area contributed by atoms with Crippen LogP contribution in [0, 0.1) is 0 Å². The molecule has 0 bridgehead atoms. The molecule has 0 radical (unpaired) electrons. The van der Waals surface area contributed by atoms with Crippen LogP contribution in [0.2, 0.25) is 0 Å². The lowest BCUT2D eigenvalue weighted by Gasteiger charge is -2.22. The molecule has 0 aliphatic carbocycles. The fraction of sp³-hybridized carbons (Fsp3) is 0.207. The molecule has 5 rings (SSSR count). The zero-order valence-electron chi connectivity index (χ0n) is 21.0. The van der Waals surface area contributed by atoms with E-state index in [0.29, 0.717) is 16.7 Å². The molecule has 0 spiro atoms. The molecule has 8 heteroatoms. The van der Waals surface area contributed by atoms with Gasteiger partial charge in [0, 0.05) is 47.1 Å². The molecule has 2 aromatic carbocycles. The summed E-state index contributed by atoms with van der Waals surface area (Å²) in [5.41, 5.74) is 5.51. The van der Waals surface area contributed by atoms with Crippen molar-refractivity contribution >= 4 is 45.3 Å². The number of carbonyl (C=O) groups is 1. The van der Waals surface area contributed by atoms with Crippen molar-refractivity contribution in [3.05, 3.63) is 90.5 Å². The molecule has 0 aliphatic rings. The molecular formula is C29H28N6OS. The molecule has 3 heterocycles. The van der Waals surface area contributed by atoms with Gasteiger partial charge in [-0.15, -0.1) is 11.8 Å². The second-order valence-electron chi connectivity index (χ2n) is 8.86. The van der Waals surface area contributed by atoms with Gasteiger partial charge in [0.2, 0.25) is 0 Å². The summed E-state index contributed by atoms with van der Waals surface area (Å²) in [5, 5.41) is 8.41. The quantitative estimate of drug-likeness (QED) is 0.252. The molecule has 0 saturated carbocycles. The Balaban J connectivity index is 1.27. The van der Waals surface area contributed by atoms with Crippen LogP contribution in [-0.4, -0.2) is 44.0 Å². The first-order chi connectivity index (χ1) is 18.0. The molecule has 186 valence electrons. The molecule has 7 nitrogen and oxygen atoms in total. The molecule has 5 aromatic rings. The summed E-state index contributed by atoms with van der Waals surface area (Å²) in [7, 11) is 1.65. The average Bonchev–Trinajstić information content (AvgIpc) is 2.95. The van der Waals surface area contributed by atoms with Crippen molar-refractivity contribution in [2.24, 2.45) is 0 Å². The lowest BCUT2D eigenvalue weighted by atomic mass is 9.94. The summed E-state index contributed by atoms with van der Waals surface area (Å²) in [6.07, 6.45) is 5.10.